The fourth-order valence-electron chi connectivity index (χ4n) is 3.56. The average Bonchev–Trinajstić information content (AvgIpc) is 3.10. The predicted octanol–water partition coefficient (Wildman–Crippen LogP) is 5.46. The number of ether oxygens (including phenoxy) is 1. The number of carbonyl (C=O) groups excluding carboxylic acids is 1. The van der Waals surface area contributed by atoms with Crippen LogP contribution in [0.15, 0.2) is 60.7 Å². The minimum Gasteiger partial charge on any atom is -0.484 e. The molecular weight excluding hydrogens is 348 g/mol. The summed E-state index contributed by atoms with van der Waals surface area (Å²) in [5, 5.41) is 5.30. The van der Waals surface area contributed by atoms with E-state index in [1.807, 2.05) is 36.4 Å². The Kier molecular flexibility index (Phi) is 5.02. The van der Waals surface area contributed by atoms with Gasteiger partial charge in [0.05, 0.1) is 0 Å². The summed E-state index contributed by atoms with van der Waals surface area (Å²) in [4.78, 5) is 15.8. The van der Waals surface area contributed by atoms with Crippen LogP contribution in [0.5, 0.6) is 5.75 Å². The lowest BCUT2D eigenvalue weighted by Crippen LogP contribution is -2.20. The summed E-state index contributed by atoms with van der Waals surface area (Å²) in [7, 11) is 0. The van der Waals surface area contributed by atoms with Crippen LogP contribution in [0.1, 0.15) is 25.0 Å². The largest absolute Gasteiger partial charge is 0.484 e. The second-order valence-corrected chi connectivity index (χ2v) is 6.92. The number of hydrogen-bond acceptors (Lipinski definition) is 2. The van der Waals surface area contributed by atoms with Gasteiger partial charge in [-0.1, -0.05) is 50.2 Å². The first kappa shape index (κ1) is 18.1. The van der Waals surface area contributed by atoms with E-state index in [1.54, 1.807) is 0 Å². The number of para-hydroxylation sites is 1. The minimum atomic E-state index is -0.174. The van der Waals surface area contributed by atoms with Gasteiger partial charge >= 0.3 is 0 Å². The molecule has 1 heterocycles. The molecule has 0 saturated carbocycles. The van der Waals surface area contributed by atoms with Gasteiger partial charge in [0, 0.05) is 27.5 Å². The molecule has 0 saturated heterocycles. The Morgan fingerprint density at radius 3 is 2.64 bits per heavy atom. The lowest BCUT2D eigenvalue weighted by atomic mass is 10.1. The van der Waals surface area contributed by atoms with Gasteiger partial charge < -0.3 is 15.0 Å². The number of rotatable bonds is 6. The van der Waals surface area contributed by atoms with Crippen molar-refractivity contribution in [2.75, 3.05) is 11.9 Å². The van der Waals surface area contributed by atoms with Crippen molar-refractivity contribution in [3.8, 4) is 5.75 Å². The highest BCUT2D eigenvalue weighted by Gasteiger charge is 2.09. The first-order valence-electron chi connectivity index (χ1n) is 9.73. The molecule has 4 heteroatoms. The van der Waals surface area contributed by atoms with Crippen LogP contribution in [0.25, 0.3) is 21.8 Å². The molecule has 1 amide bonds. The molecule has 28 heavy (non-hydrogen) atoms. The van der Waals surface area contributed by atoms with Gasteiger partial charge in [0.2, 0.25) is 0 Å². The zero-order chi connectivity index (χ0) is 19.5. The third kappa shape index (κ3) is 3.58. The monoisotopic (exact) mass is 372 g/mol. The van der Waals surface area contributed by atoms with Crippen molar-refractivity contribution in [1.29, 1.82) is 0 Å². The molecular formula is C24H24N2O2. The van der Waals surface area contributed by atoms with Crippen molar-refractivity contribution >= 4 is 33.4 Å². The van der Waals surface area contributed by atoms with Crippen molar-refractivity contribution in [2.24, 2.45) is 0 Å². The topological polar surface area (TPSA) is 54.1 Å². The maximum atomic E-state index is 12.3. The van der Waals surface area contributed by atoms with Gasteiger partial charge in [0.25, 0.3) is 5.91 Å². The Morgan fingerprint density at radius 2 is 1.82 bits per heavy atom. The van der Waals surface area contributed by atoms with E-state index in [4.69, 9.17) is 4.74 Å². The summed E-state index contributed by atoms with van der Waals surface area (Å²) >= 11 is 0. The number of benzene rings is 3. The molecule has 0 aliphatic carbocycles. The second kappa shape index (κ2) is 7.77. The van der Waals surface area contributed by atoms with E-state index in [2.05, 4.69) is 48.4 Å². The average molecular weight is 372 g/mol. The molecule has 0 aliphatic rings. The van der Waals surface area contributed by atoms with Crippen molar-refractivity contribution in [2.45, 2.75) is 26.7 Å². The van der Waals surface area contributed by atoms with Crippen molar-refractivity contribution in [3.63, 3.8) is 0 Å². The van der Waals surface area contributed by atoms with Crippen LogP contribution >= 0.6 is 0 Å². The third-order valence-corrected chi connectivity index (χ3v) is 5.06. The van der Waals surface area contributed by atoms with Crippen LogP contribution in [-0.4, -0.2) is 17.5 Å². The molecule has 0 spiro atoms. The zero-order valence-corrected chi connectivity index (χ0v) is 16.2. The summed E-state index contributed by atoms with van der Waals surface area (Å²) in [6.07, 6.45) is 1.91. The number of carbonyl (C=O) groups is 1. The zero-order valence-electron chi connectivity index (χ0n) is 16.2. The molecule has 142 valence electrons. The van der Waals surface area contributed by atoms with Crippen LogP contribution in [0.3, 0.4) is 0 Å². The Morgan fingerprint density at radius 1 is 0.964 bits per heavy atom. The molecule has 0 bridgehead atoms. The van der Waals surface area contributed by atoms with E-state index in [9.17, 15) is 4.79 Å². The van der Waals surface area contributed by atoms with E-state index in [0.29, 0.717) is 5.75 Å². The molecule has 2 N–H and O–H groups in total. The molecule has 0 radical (unpaired) electrons. The van der Waals surface area contributed by atoms with Gasteiger partial charge in [0.1, 0.15) is 5.75 Å². The highest BCUT2D eigenvalue weighted by Crippen LogP contribution is 2.29. The van der Waals surface area contributed by atoms with Gasteiger partial charge in [-0.3, -0.25) is 4.79 Å². The molecule has 0 aliphatic heterocycles. The van der Waals surface area contributed by atoms with Crippen LogP contribution in [0.2, 0.25) is 0 Å². The molecule has 4 nitrogen and oxygen atoms in total. The fraction of sp³-hybridized carbons (Fsp3) is 0.208. The Labute approximate surface area is 164 Å². The Hall–Kier alpha value is -3.27. The van der Waals surface area contributed by atoms with Gasteiger partial charge in [-0.05, 0) is 48.2 Å². The molecule has 4 aromatic rings. The summed E-state index contributed by atoms with van der Waals surface area (Å²) in [5.74, 6) is 0.541. The van der Waals surface area contributed by atoms with Crippen molar-refractivity contribution in [1.82, 2.24) is 4.98 Å². The van der Waals surface area contributed by atoms with Gasteiger partial charge in [-0.25, -0.2) is 0 Å². The minimum absolute atomic E-state index is 0.0160. The van der Waals surface area contributed by atoms with E-state index in [1.165, 1.54) is 22.0 Å². The number of aromatic amines is 1. The van der Waals surface area contributed by atoms with Crippen LogP contribution in [0, 0.1) is 0 Å². The smallest absolute Gasteiger partial charge is 0.262 e. The summed E-state index contributed by atoms with van der Waals surface area (Å²) in [6, 6.07) is 20.2. The molecule has 0 atom stereocenters. The van der Waals surface area contributed by atoms with Crippen LogP contribution < -0.4 is 10.1 Å². The Bertz CT molecular complexity index is 1140. The summed E-state index contributed by atoms with van der Waals surface area (Å²) < 4.78 is 5.63. The fourth-order valence-corrected chi connectivity index (χ4v) is 3.56. The van der Waals surface area contributed by atoms with Gasteiger partial charge in [-0.2, -0.15) is 0 Å². The SMILES string of the molecule is CCc1cccc(OCC(=O)Nc2ccc3c(c2)[nH]c2c(CC)cccc23)c1. The summed E-state index contributed by atoms with van der Waals surface area (Å²) in [6.45, 7) is 4.23. The molecule has 0 fully saturated rings. The number of aromatic nitrogens is 1. The van der Waals surface area contributed by atoms with E-state index in [-0.39, 0.29) is 12.5 Å². The van der Waals surface area contributed by atoms with Crippen molar-refractivity contribution in [3.05, 3.63) is 71.8 Å². The number of anilines is 1. The van der Waals surface area contributed by atoms with Crippen LogP contribution in [-0.2, 0) is 17.6 Å². The number of H-pyrrole nitrogens is 1. The predicted molar refractivity (Wildman–Crippen MR) is 115 cm³/mol. The lowest BCUT2D eigenvalue weighted by molar-refractivity contribution is -0.118. The van der Waals surface area contributed by atoms with E-state index >= 15 is 0 Å². The van der Waals surface area contributed by atoms with Crippen LogP contribution in [0.4, 0.5) is 5.69 Å². The molecule has 4 rings (SSSR count). The highest BCUT2D eigenvalue weighted by molar-refractivity contribution is 6.09. The first-order valence-corrected chi connectivity index (χ1v) is 9.73. The number of nitrogens with one attached hydrogen (secondary N) is 2. The standard InChI is InChI=1S/C24H24N2O2/c1-3-16-7-5-9-19(13-16)28-15-23(27)25-18-11-12-20-21-10-6-8-17(4-2)24(21)26-22(20)14-18/h5-14,26H,3-4,15H2,1-2H3,(H,25,27). The normalized spacial score (nSPS) is 11.1. The molecule has 1 aromatic heterocycles. The highest BCUT2D eigenvalue weighted by atomic mass is 16.5. The molecule has 3 aromatic carbocycles. The van der Waals surface area contributed by atoms with Crippen molar-refractivity contribution < 1.29 is 9.53 Å². The van der Waals surface area contributed by atoms with Gasteiger partial charge in [-0.15, -0.1) is 0 Å². The summed E-state index contributed by atoms with van der Waals surface area (Å²) in [5.41, 5.74) is 5.43. The second-order valence-electron chi connectivity index (χ2n) is 6.92. The number of aryl methyl sites for hydroxylation is 2. The van der Waals surface area contributed by atoms with Gasteiger partial charge in [0.15, 0.2) is 6.61 Å². The first-order chi connectivity index (χ1) is 13.7. The molecule has 0 unspecified atom stereocenters. The third-order valence-electron chi connectivity index (χ3n) is 5.06. The lowest BCUT2D eigenvalue weighted by Gasteiger charge is -2.08. The number of hydrogen-bond donors (Lipinski definition) is 2. The Balaban J connectivity index is 1.49. The van der Waals surface area contributed by atoms with E-state index < -0.39 is 0 Å². The maximum Gasteiger partial charge on any atom is 0.262 e. The number of amides is 1. The maximum absolute atomic E-state index is 12.3. The van der Waals surface area contributed by atoms with E-state index in [0.717, 1.165) is 29.4 Å². The number of fused-ring (bicyclic) bond motifs is 3. The quantitative estimate of drug-likeness (QED) is 0.472.